The van der Waals surface area contributed by atoms with Crippen molar-refractivity contribution in [2.45, 2.75) is 6.42 Å². The lowest BCUT2D eigenvalue weighted by molar-refractivity contribution is 1.25. The highest BCUT2D eigenvalue weighted by molar-refractivity contribution is 5.77. The normalized spacial score (nSPS) is 14.5. The lowest BCUT2D eigenvalue weighted by Gasteiger charge is -1.94. The molecule has 15 heavy (non-hydrogen) atoms. The quantitative estimate of drug-likeness (QED) is 0.690. The minimum absolute atomic E-state index is 0.229. The van der Waals surface area contributed by atoms with E-state index in [-0.39, 0.29) is 5.56 Å². The Labute approximate surface area is 87.5 Å². The molecule has 0 atom stereocenters. The minimum Gasteiger partial charge on any atom is -0.268 e. The Morgan fingerprint density at radius 2 is 2.20 bits per heavy atom. The van der Waals surface area contributed by atoms with Gasteiger partial charge < -0.3 is 0 Å². The van der Waals surface area contributed by atoms with Crippen molar-refractivity contribution in [1.82, 2.24) is 4.98 Å². The maximum absolute atomic E-state index is 11.6. The second-order valence-electron chi connectivity index (χ2n) is 3.10. The first kappa shape index (κ1) is 9.52. The Kier molecular flexibility index (Phi) is 2.83. The Morgan fingerprint density at radius 3 is 3.13 bits per heavy atom. The maximum atomic E-state index is 11.6. The first-order valence-corrected chi connectivity index (χ1v) is 4.72. The molecule has 0 spiro atoms. The fourth-order valence-electron chi connectivity index (χ4n) is 1.32. The molecule has 3 heteroatoms. The van der Waals surface area contributed by atoms with Gasteiger partial charge in [0.1, 0.15) is 0 Å². The molecule has 0 bridgehead atoms. The standard InChI is InChI=1S/C12H10N2O/c15-12-11(6-2-4-8-14-12)10-5-1-3-7-13-9-10/h1-2,4-9H,3H2. The summed E-state index contributed by atoms with van der Waals surface area (Å²) in [5.74, 6) is 0. The highest BCUT2D eigenvalue weighted by Gasteiger charge is 2.02. The fraction of sp³-hybridized carbons (Fsp3) is 0.0833. The van der Waals surface area contributed by atoms with Gasteiger partial charge in [0.2, 0.25) is 0 Å². The van der Waals surface area contributed by atoms with Crippen LogP contribution in [-0.4, -0.2) is 11.2 Å². The molecule has 0 aliphatic carbocycles. The molecular weight excluding hydrogens is 188 g/mol. The van der Waals surface area contributed by atoms with E-state index in [1.165, 1.54) is 6.20 Å². The van der Waals surface area contributed by atoms with Gasteiger partial charge in [0.25, 0.3) is 5.56 Å². The van der Waals surface area contributed by atoms with Gasteiger partial charge in [0, 0.05) is 30.6 Å². The van der Waals surface area contributed by atoms with E-state index in [1.54, 1.807) is 30.6 Å². The molecule has 1 aliphatic heterocycles. The van der Waals surface area contributed by atoms with E-state index in [0.717, 1.165) is 12.0 Å². The van der Waals surface area contributed by atoms with E-state index in [4.69, 9.17) is 0 Å². The fourth-order valence-corrected chi connectivity index (χ4v) is 1.32. The number of hydrogen-bond acceptors (Lipinski definition) is 3. The van der Waals surface area contributed by atoms with Gasteiger partial charge in [0.05, 0.1) is 5.56 Å². The van der Waals surface area contributed by atoms with Gasteiger partial charge in [-0.2, -0.15) is 0 Å². The number of aromatic nitrogens is 1. The number of nitrogens with zero attached hydrogens (tertiary/aromatic N) is 2. The van der Waals surface area contributed by atoms with E-state index >= 15 is 0 Å². The zero-order chi connectivity index (χ0) is 10.5. The van der Waals surface area contributed by atoms with Crippen molar-refractivity contribution in [3.8, 4) is 0 Å². The molecule has 1 aromatic rings. The molecule has 0 aromatic carbocycles. The van der Waals surface area contributed by atoms with Gasteiger partial charge in [0.15, 0.2) is 0 Å². The molecular formula is C12H10N2O. The molecule has 0 N–H and O–H groups in total. The molecule has 2 heterocycles. The van der Waals surface area contributed by atoms with Crippen LogP contribution < -0.4 is 5.56 Å². The highest BCUT2D eigenvalue weighted by atomic mass is 16.1. The van der Waals surface area contributed by atoms with Crippen LogP contribution >= 0.6 is 0 Å². The Hall–Kier alpha value is -2.03. The summed E-state index contributed by atoms with van der Waals surface area (Å²) in [4.78, 5) is 19.4. The van der Waals surface area contributed by atoms with Crippen LogP contribution in [0.1, 0.15) is 12.0 Å². The summed E-state index contributed by atoms with van der Waals surface area (Å²) in [6.07, 6.45) is 9.63. The monoisotopic (exact) mass is 198 g/mol. The van der Waals surface area contributed by atoms with Crippen molar-refractivity contribution >= 4 is 11.8 Å². The summed E-state index contributed by atoms with van der Waals surface area (Å²) in [5.41, 5.74) is 1.15. The van der Waals surface area contributed by atoms with E-state index < -0.39 is 0 Å². The van der Waals surface area contributed by atoms with Crippen LogP contribution in [0.5, 0.6) is 0 Å². The van der Waals surface area contributed by atoms with Crippen molar-refractivity contribution in [1.29, 1.82) is 0 Å². The Bertz CT molecular complexity index is 501. The SMILES string of the molecule is O=c1nccccc1C1=CN=CCC=C1. The maximum Gasteiger partial charge on any atom is 0.277 e. The van der Waals surface area contributed by atoms with Crippen LogP contribution in [0.25, 0.3) is 5.57 Å². The van der Waals surface area contributed by atoms with Crippen molar-refractivity contribution in [3.63, 3.8) is 0 Å². The predicted molar refractivity (Wildman–Crippen MR) is 60.7 cm³/mol. The van der Waals surface area contributed by atoms with Gasteiger partial charge >= 0.3 is 0 Å². The van der Waals surface area contributed by atoms with Gasteiger partial charge in [-0.05, 0) is 12.1 Å². The highest BCUT2D eigenvalue weighted by Crippen LogP contribution is 2.12. The Morgan fingerprint density at radius 1 is 1.27 bits per heavy atom. The largest absolute Gasteiger partial charge is 0.277 e. The third-order valence-corrected chi connectivity index (χ3v) is 2.05. The van der Waals surface area contributed by atoms with E-state index in [9.17, 15) is 4.79 Å². The summed E-state index contributed by atoms with van der Waals surface area (Å²) in [5, 5.41) is 0. The van der Waals surface area contributed by atoms with Crippen LogP contribution in [0, 0.1) is 0 Å². The molecule has 0 unspecified atom stereocenters. The van der Waals surface area contributed by atoms with Crippen molar-refractivity contribution < 1.29 is 0 Å². The predicted octanol–water partition coefficient (Wildman–Crippen LogP) is 1.81. The molecule has 74 valence electrons. The minimum atomic E-state index is -0.229. The van der Waals surface area contributed by atoms with Crippen molar-refractivity contribution in [3.05, 3.63) is 58.7 Å². The number of allylic oxidation sites excluding steroid dienone is 3. The average molecular weight is 198 g/mol. The lowest BCUT2D eigenvalue weighted by Crippen LogP contribution is -2.06. The van der Waals surface area contributed by atoms with E-state index in [1.807, 2.05) is 12.2 Å². The molecule has 1 aliphatic rings. The van der Waals surface area contributed by atoms with Crippen LogP contribution in [0.2, 0.25) is 0 Å². The molecule has 0 radical (unpaired) electrons. The topological polar surface area (TPSA) is 42.3 Å². The van der Waals surface area contributed by atoms with Gasteiger partial charge in [-0.1, -0.05) is 18.2 Å². The number of rotatable bonds is 1. The molecule has 0 amide bonds. The zero-order valence-electron chi connectivity index (χ0n) is 8.13. The molecule has 2 rings (SSSR count). The zero-order valence-corrected chi connectivity index (χ0v) is 8.13. The molecule has 0 saturated carbocycles. The first-order valence-electron chi connectivity index (χ1n) is 4.72. The molecule has 3 nitrogen and oxygen atoms in total. The van der Waals surface area contributed by atoms with Crippen molar-refractivity contribution in [2.75, 3.05) is 0 Å². The summed E-state index contributed by atoms with van der Waals surface area (Å²) in [7, 11) is 0. The van der Waals surface area contributed by atoms with E-state index in [0.29, 0.717) is 5.56 Å². The van der Waals surface area contributed by atoms with Crippen molar-refractivity contribution in [2.24, 2.45) is 4.99 Å². The first-order chi connectivity index (χ1) is 7.38. The van der Waals surface area contributed by atoms with Gasteiger partial charge in [-0.15, -0.1) is 0 Å². The molecule has 0 saturated heterocycles. The average Bonchev–Trinajstić information content (AvgIpc) is 2.59. The number of hydrogen-bond donors (Lipinski definition) is 0. The number of aliphatic imine (C=N–C) groups is 1. The summed E-state index contributed by atoms with van der Waals surface area (Å²) < 4.78 is 0. The molecule has 1 aromatic heterocycles. The van der Waals surface area contributed by atoms with Crippen LogP contribution in [-0.2, 0) is 0 Å². The third-order valence-electron chi connectivity index (χ3n) is 2.05. The smallest absolute Gasteiger partial charge is 0.268 e. The van der Waals surface area contributed by atoms with Gasteiger partial charge in [-0.25, -0.2) is 4.98 Å². The molecule has 0 fully saturated rings. The van der Waals surface area contributed by atoms with E-state index in [2.05, 4.69) is 9.98 Å². The second-order valence-corrected chi connectivity index (χ2v) is 3.10. The van der Waals surface area contributed by atoms with Crippen LogP contribution in [0.15, 0.2) is 52.5 Å². The second kappa shape index (κ2) is 4.46. The van der Waals surface area contributed by atoms with Crippen LogP contribution in [0.3, 0.4) is 0 Å². The summed E-state index contributed by atoms with van der Waals surface area (Å²) >= 11 is 0. The summed E-state index contributed by atoms with van der Waals surface area (Å²) in [6.45, 7) is 0. The van der Waals surface area contributed by atoms with Gasteiger partial charge in [-0.3, -0.25) is 9.79 Å². The third kappa shape index (κ3) is 2.26. The lowest BCUT2D eigenvalue weighted by atomic mass is 10.1. The van der Waals surface area contributed by atoms with Crippen LogP contribution in [0.4, 0.5) is 0 Å². The Balaban J connectivity index is 2.55. The summed E-state index contributed by atoms with van der Waals surface area (Å²) in [6, 6.07) is 5.29.